The second-order valence-electron chi connectivity index (χ2n) is 5.85. The van der Waals surface area contributed by atoms with Crippen molar-refractivity contribution < 1.29 is 0 Å². The zero-order valence-corrected chi connectivity index (χ0v) is 12.4. The molecule has 2 fully saturated rings. The molecule has 4 heteroatoms. The Labute approximate surface area is 114 Å². The molecule has 1 atom stereocenters. The van der Waals surface area contributed by atoms with E-state index >= 15 is 0 Å². The van der Waals surface area contributed by atoms with E-state index in [4.69, 9.17) is 4.98 Å². The topological polar surface area (TPSA) is 28.2 Å². The van der Waals surface area contributed by atoms with Crippen molar-refractivity contribution in [3.63, 3.8) is 0 Å². The monoisotopic (exact) mass is 265 g/mol. The lowest BCUT2D eigenvalue weighted by atomic mass is 10.2. The molecule has 3 rings (SSSR count). The van der Waals surface area contributed by atoms with Crippen LogP contribution in [-0.4, -0.2) is 24.1 Å². The van der Waals surface area contributed by atoms with Crippen molar-refractivity contribution in [2.75, 3.05) is 11.9 Å². The van der Waals surface area contributed by atoms with Gasteiger partial charge in [-0.05, 0) is 45.4 Å². The number of anilines is 1. The summed E-state index contributed by atoms with van der Waals surface area (Å²) >= 11 is 1.86. The summed E-state index contributed by atoms with van der Waals surface area (Å²) in [6.45, 7) is 5.47. The molecule has 0 bridgehead atoms. The first kappa shape index (κ1) is 12.4. The Bertz CT molecular complexity index is 421. The van der Waals surface area contributed by atoms with Crippen LogP contribution < -0.4 is 10.2 Å². The average molecular weight is 265 g/mol. The van der Waals surface area contributed by atoms with E-state index in [1.54, 1.807) is 0 Å². The van der Waals surface area contributed by atoms with Gasteiger partial charge in [-0.25, -0.2) is 4.98 Å². The number of nitrogens with zero attached hydrogens (tertiary/aromatic N) is 2. The molecule has 1 unspecified atom stereocenters. The molecule has 1 heterocycles. The minimum atomic E-state index is 0.639. The maximum Gasteiger partial charge on any atom is 0.185 e. The van der Waals surface area contributed by atoms with E-state index in [0.29, 0.717) is 6.04 Å². The molecule has 1 N–H and O–H groups in total. The van der Waals surface area contributed by atoms with Crippen LogP contribution in [0.5, 0.6) is 0 Å². The lowest BCUT2D eigenvalue weighted by Crippen LogP contribution is -2.30. The molecule has 1 aromatic heterocycles. The molecule has 100 valence electrons. The van der Waals surface area contributed by atoms with Gasteiger partial charge in [0.2, 0.25) is 0 Å². The highest BCUT2D eigenvalue weighted by Crippen LogP contribution is 2.37. The lowest BCUT2D eigenvalue weighted by molar-refractivity contribution is 0.607. The Morgan fingerprint density at radius 2 is 2.11 bits per heavy atom. The highest BCUT2D eigenvalue weighted by molar-refractivity contribution is 7.15. The minimum Gasteiger partial charge on any atom is -0.348 e. The first-order valence-electron chi connectivity index (χ1n) is 7.07. The van der Waals surface area contributed by atoms with Gasteiger partial charge in [0, 0.05) is 30.6 Å². The molecule has 0 spiro atoms. The summed E-state index contributed by atoms with van der Waals surface area (Å²) in [5, 5.41) is 4.78. The van der Waals surface area contributed by atoms with Crippen molar-refractivity contribution in [1.29, 1.82) is 0 Å². The molecule has 2 saturated carbocycles. The van der Waals surface area contributed by atoms with Crippen molar-refractivity contribution in [3.8, 4) is 0 Å². The van der Waals surface area contributed by atoms with Gasteiger partial charge in [-0.1, -0.05) is 0 Å². The van der Waals surface area contributed by atoms with E-state index in [-0.39, 0.29) is 0 Å². The summed E-state index contributed by atoms with van der Waals surface area (Å²) in [5.74, 6) is 0.896. The van der Waals surface area contributed by atoms with Crippen LogP contribution in [0.4, 0.5) is 5.13 Å². The van der Waals surface area contributed by atoms with Crippen LogP contribution in [0, 0.1) is 12.8 Å². The maximum absolute atomic E-state index is 4.74. The van der Waals surface area contributed by atoms with Crippen molar-refractivity contribution in [3.05, 3.63) is 10.6 Å². The number of rotatable bonds is 6. The third-order valence-corrected chi connectivity index (χ3v) is 5.47. The van der Waals surface area contributed by atoms with Crippen LogP contribution in [0.1, 0.15) is 43.2 Å². The number of aromatic nitrogens is 1. The average Bonchev–Trinajstić information content (AvgIpc) is 3.24. The van der Waals surface area contributed by atoms with Crippen molar-refractivity contribution in [1.82, 2.24) is 10.3 Å². The quantitative estimate of drug-likeness (QED) is 0.857. The third kappa shape index (κ3) is 2.69. The Morgan fingerprint density at radius 1 is 1.39 bits per heavy atom. The number of thiazole rings is 1. The highest BCUT2D eigenvalue weighted by atomic mass is 32.1. The molecule has 0 aromatic carbocycles. The smallest absolute Gasteiger partial charge is 0.185 e. The fourth-order valence-electron chi connectivity index (χ4n) is 2.32. The summed E-state index contributed by atoms with van der Waals surface area (Å²) in [5.41, 5.74) is 1.21. The van der Waals surface area contributed by atoms with Gasteiger partial charge < -0.3 is 10.2 Å². The molecule has 0 saturated heterocycles. The van der Waals surface area contributed by atoms with Gasteiger partial charge in [0.25, 0.3) is 0 Å². The first-order chi connectivity index (χ1) is 8.65. The number of aryl methyl sites for hydroxylation is 1. The van der Waals surface area contributed by atoms with E-state index in [2.05, 4.69) is 31.1 Å². The van der Waals surface area contributed by atoms with Crippen molar-refractivity contribution in [2.24, 2.45) is 5.92 Å². The largest absolute Gasteiger partial charge is 0.348 e. The molecule has 0 radical (unpaired) electrons. The lowest BCUT2D eigenvalue weighted by Gasteiger charge is -2.23. The molecule has 1 aromatic rings. The highest BCUT2D eigenvalue weighted by Gasteiger charge is 2.31. The predicted molar refractivity (Wildman–Crippen MR) is 77.3 cm³/mol. The van der Waals surface area contributed by atoms with Crippen LogP contribution in [-0.2, 0) is 6.54 Å². The van der Waals surface area contributed by atoms with E-state index < -0.39 is 0 Å². The van der Waals surface area contributed by atoms with Gasteiger partial charge in [0.1, 0.15) is 0 Å². The molecule has 18 heavy (non-hydrogen) atoms. The zero-order chi connectivity index (χ0) is 12.7. The number of hydrogen-bond donors (Lipinski definition) is 1. The Morgan fingerprint density at radius 3 is 2.72 bits per heavy atom. The van der Waals surface area contributed by atoms with Crippen molar-refractivity contribution in [2.45, 2.75) is 58.2 Å². The van der Waals surface area contributed by atoms with Crippen LogP contribution in [0.25, 0.3) is 0 Å². The Balaban J connectivity index is 1.65. The van der Waals surface area contributed by atoms with Crippen molar-refractivity contribution >= 4 is 16.5 Å². The van der Waals surface area contributed by atoms with Crippen LogP contribution in [0.3, 0.4) is 0 Å². The molecular formula is C14H23N3S. The molecule has 3 nitrogen and oxygen atoms in total. The summed E-state index contributed by atoms with van der Waals surface area (Å²) in [6.07, 6.45) is 5.49. The van der Waals surface area contributed by atoms with Gasteiger partial charge >= 0.3 is 0 Å². The van der Waals surface area contributed by atoms with Gasteiger partial charge in [0.15, 0.2) is 5.13 Å². The summed E-state index contributed by atoms with van der Waals surface area (Å²) in [7, 11) is 2.19. The third-order valence-electron chi connectivity index (χ3n) is 4.23. The predicted octanol–water partition coefficient (Wildman–Crippen LogP) is 2.94. The second-order valence-corrected chi connectivity index (χ2v) is 6.91. The Kier molecular flexibility index (Phi) is 3.32. The summed E-state index contributed by atoms with van der Waals surface area (Å²) in [6, 6.07) is 1.41. The fourth-order valence-corrected chi connectivity index (χ4v) is 3.38. The molecule has 0 amide bonds. The SMILES string of the molecule is Cc1nc(N(C)C(C)C2CC2)sc1CNC1CC1. The first-order valence-corrected chi connectivity index (χ1v) is 7.89. The van der Waals surface area contributed by atoms with E-state index in [9.17, 15) is 0 Å². The Hall–Kier alpha value is -0.610. The van der Waals surface area contributed by atoms with Crippen LogP contribution >= 0.6 is 11.3 Å². The summed E-state index contributed by atoms with van der Waals surface area (Å²) in [4.78, 5) is 8.52. The van der Waals surface area contributed by atoms with Gasteiger partial charge in [-0.3, -0.25) is 0 Å². The molecule has 2 aliphatic rings. The van der Waals surface area contributed by atoms with Crippen LogP contribution in [0.15, 0.2) is 0 Å². The second kappa shape index (κ2) is 4.82. The fraction of sp³-hybridized carbons (Fsp3) is 0.786. The number of hydrogen-bond acceptors (Lipinski definition) is 4. The standard InChI is InChI=1S/C14H23N3S/c1-9-13(8-15-12-6-7-12)18-14(16-9)17(3)10(2)11-4-5-11/h10-12,15H,4-8H2,1-3H3. The van der Waals surface area contributed by atoms with Gasteiger partial charge in [-0.15, -0.1) is 11.3 Å². The minimum absolute atomic E-state index is 0.639. The normalized spacial score (nSPS) is 21.1. The van der Waals surface area contributed by atoms with E-state index in [1.165, 1.54) is 41.4 Å². The molecule has 0 aliphatic heterocycles. The van der Waals surface area contributed by atoms with E-state index in [1.807, 2.05) is 11.3 Å². The maximum atomic E-state index is 4.74. The molecule has 2 aliphatic carbocycles. The number of nitrogens with one attached hydrogen (secondary N) is 1. The molecular weight excluding hydrogens is 242 g/mol. The summed E-state index contributed by atoms with van der Waals surface area (Å²) < 4.78 is 0. The van der Waals surface area contributed by atoms with Gasteiger partial charge in [-0.2, -0.15) is 0 Å². The van der Waals surface area contributed by atoms with E-state index in [0.717, 1.165) is 18.5 Å². The zero-order valence-electron chi connectivity index (χ0n) is 11.6. The van der Waals surface area contributed by atoms with Crippen LogP contribution in [0.2, 0.25) is 0 Å². The van der Waals surface area contributed by atoms with Gasteiger partial charge in [0.05, 0.1) is 5.69 Å².